The van der Waals surface area contributed by atoms with Crippen molar-refractivity contribution in [3.8, 4) is 11.1 Å². The quantitative estimate of drug-likeness (QED) is 0.693. The number of nitrogens with zero attached hydrogens (tertiary/aromatic N) is 1. The highest BCUT2D eigenvalue weighted by Gasteiger charge is 2.21. The lowest BCUT2D eigenvalue weighted by Gasteiger charge is -2.09. The molecule has 128 valence electrons. The van der Waals surface area contributed by atoms with Crippen LogP contribution >= 0.6 is 0 Å². The van der Waals surface area contributed by atoms with Gasteiger partial charge in [0.2, 0.25) is 10.0 Å². The lowest BCUT2D eigenvalue weighted by Crippen LogP contribution is -2.25. The molecule has 1 aliphatic rings. The molecule has 6 nitrogen and oxygen atoms in total. The number of hydrogen-bond acceptors (Lipinski definition) is 5. The van der Waals surface area contributed by atoms with E-state index in [4.69, 9.17) is 5.11 Å². The van der Waals surface area contributed by atoms with Gasteiger partial charge in [0, 0.05) is 31.0 Å². The molecule has 3 N–H and O–H groups in total. The number of rotatable bonds is 6. The Kier molecular flexibility index (Phi) is 4.84. The van der Waals surface area contributed by atoms with Gasteiger partial charge in [0.15, 0.2) is 0 Å². The predicted molar refractivity (Wildman–Crippen MR) is 93.4 cm³/mol. The highest BCUT2D eigenvalue weighted by Crippen LogP contribution is 2.33. The number of nitrogens with one attached hydrogen (secondary N) is 2. The molecule has 1 aromatic heterocycles. The molecule has 0 amide bonds. The first-order valence-corrected chi connectivity index (χ1v) is 9.45. The number of anilines is 1. The van der Waals surface area contributed by atoms with E-state index in [1.807, 2.05) is 18.2 Å². The third kappa shape index (κ3) is 3.43. The van der Waals surface area contributed by atoms with Crippen LogP contribution in [0.25, 0.3) is 11.1 Å². The Morgan fingerprint density at radius 3 is 2.75 bits per heavy atom. The molecule has 1 unspecified atom stereocenters. The number of aliphatic hydroxyl groups is 1. The summed E-state index contributed by atoms with van der Waals surface area (Å²) in [5.41, 5.74) is 3.22. The van der Waals surface area contributed by atoms with E-state index in [9.17, 15) is 8.42 Å². The Bertz CT molecular complexity index is 819. The molecule has 0 saturated heterocycles. The fourth-order valence-corrected chi connectivity index (χ4v) is 3.94. The van der Waals surface area contributed by atoms with Crippen LogP contribution in [0.2, 0.25) is 0 Å². The number of sulfonamides is 1. The number of hydrogen-bond donors (Lipinski definition) is 3. The number of aromatic nitrogens is 1. The standard InChI is InChI=1S/C17H21N3O3S/c1-12-11-16-15(7-9-18-17(16)20-12)13-3-5-14(6-4-13)24(22,23)19-8-2-10-21/h3-7,9,12,19,21H,2,8,10-11H2,1H3,(H,18,20). The first kappa shape index (κ1) is 16.9. The normalized spacial score (nSPS) is 16.7. The molecule has 24 heavy (non-hydrogen) atoms. The van der Waals surface area contributed by atoms with Crippen LogP contribution in [0.1, 0.15) is 18.9 Å². The molecule has 0 spiro atoms. The molecular weight excluding hydrogens is 326 g/mol. The van der Waals surface area contributed by atoms with Gasteiger partial charge in [-0.25, -0.2) is 18.1 Å². The zero-order chi connectivity index (χ0) is 17.2. The van der Waals surface area contributed by atoms with Gasteiger partial charge in [-0.1, -0.05) is 12.1 Å². The second-order valence-electron chi connectivity index (χ2n) is 5.93. The topological polar surface area (TPSA) is 91.3 Å². The minimum absolute atomic E-state index is 0.0406. The van der Waals surface area contributed by atoms with E-state index in [1.165, 1.54) is 5.56 Å². The van der Waals surface area contributed by atoms with Crippen LogP contribution in [-0.4, -0.2) is 37.7 Å². The smallest absolute Gasteiger partial charge is 0.240 e. The fourth-order valence-electron chi connectivity index (χ4n) is 2.87. The van der Waals surface area contributed by atoms with Crippen molar-refractivity contribution in [1.82, 2.24) is 9.71 Å². The van der Waals surface area contributed by atoms with E-state index in [2.05, 4.69) is 21.9 Å². The zero-order valence-corrected chi connectivity index (χ0v) is 14.3. The summed E-state index contributed by atoms with van der Waals surface area (Å²) in [6, 6.07) is 9.16. The summed E-state index contributed by atoms with van der Waals surface area (Å²) in [6.07, 6.45) is 3.06. The van der Waals surface area contributed by atoms with Gasteiger partial charge in [0.05, 0.1) is 4.90 Å². The molecule has 0 bridgehead atoms. The Morgan fingerprint density at radius 1 is 1.29 bits per heavy atom. The van der Waals surface area contributed by atoms with E-state index < -0.39 is 10.0 Å². The highest BCUT2D eigenvalue weighted by molar-refractivity contribution is 7.89. The maximum Gasteiger partial charge on any atom is 0.240 e. The summed E-state index contributed by atoms with van der Waals surface area (Å²) in [7, 11) is -3.54. The molecule has 2 aromatic rings. The summed E-state index contributed by atoms with van der Waals surface area (Å²) in [5, 5.41) is 12.1. The van der Waals surface area contributed by atoms with Gasteiger partial charge in [-0.2, -0.15) is 0 Å². The summed E-state index contributed by atoms with van der Waals surface area (Å²) >= 11 is 0. The lowest BCUT2D eigenvalue weighted by atomic mass is 9.99. The monoisotopic (exact) mass is 347 g/mol. The van der Waals surface area contributed by atoms with Gasteiger partial charge in [-0.05, 0) is 49.1 Å². The van der Waals surface area contributed by atoms with Crippen LogP contribution in [0.3, 0.4) is 0 Å². The first-order valence-electron chi connectivity index (χ1n) is 7.96. The van der Waals surface area contributed by atoms with E-state index in [0.29, 0.717) is 12.5 Å². The Morgan fingerprint density at radius 2 is 2.04 bits per heavy atom. The van der Waals surface area contributed by atoms with E-state index in [1.54, 1.807) is 18.3 Å². The van der Waals surface area contributed by atoms with Crippen LogP contribution in [-0.2, 0) is 16.4 Å². The van der Waals surface area contributed by atoms with Crippen LogP contribution in [0.4, 0.5) is 5.82 Å². The molecule has 1 aliphatic heterocycles. The summed E-state index contributed by atoms with van der Waals surface area (Å²) < 4.78 is 26.8. The fraction of sp³-hybridized carbons (Fsp3) is 0.353. The summed E-state index contributed by atoms with van der Waals surface area (Å²) in [6.45, 7) is 2.29. The molecule has 0 saturated carbocycles. The number of fused-ring (bicyclic) bond motifs is 1. The van der Waals surface area contributed by atoms with Gasteiger partial charge in [0.1, 0.15) is 5.82 Å². The SMILES string of the molecule is CC1Cc2c(-c3ccc(S(=O)(=O)NCCCO)cc3)ccnc2N1. The number of aliphatic hydroxyl groups excluding tert-OH is 1. The minimum Gasteiger partial charge on any atom is -0.396 e. The van der Waals surface area contributed by atoms with Crippen LogP contribution < -0.4 is 10.0 Å². The maximum absolute atomic E-state index is 12.2. The average molecular weight is 347 g/mol. The number of pyridine rings is 1. The highest BCUT2D eigenvalue weighted by atomic mass is 32.2. The van der Waals surface area contributed by atoms with Crippen LogP contribution in [0.15, 0.2) is 41.4 Å². The van der Waals surface area contributed by atoms with Gasteiger partial charge in [-0.3, -0.25) is 0 Å². The average Bonchev–Trinajstić information content (AvgIpc) is 2.95. The van der Waals surface area contributed by atoms with Gasteiger partial charge >= 0.3 is 0 Å². The predicted octanol–water partition coefficient (Wildman–Crippen LogP) is 1.77. The van der Waals surface area contributed by atoms with Crippen molar-refractivity contribution < 1.29 is 13.5 Å². The van der Waals surface area contributed by atoms with Crippen LogP contribution in [0, 0.1) is 0 Å². The second-order valence-corrected chi connectivity index (χ2v) is 7.70. The van der Waals surface area contributed by atoms with Crippen molar-refractivity contribution in [2.24, 2.45) is 0 Å². The van der Waals surface area contributed by atoms with Crippen LogP contribution in [0.5, 0.6) is 0 Å². The van der Waals surface area contributed by atoms with E-state index in [-0.39, 0.29) is 18.0 Å². The lowest BCUT2D eigenvalue weighted by molar-refractivity contribution is 0.289. The van der Waals surface area contributed by atoms with Crippen molar-refractivity contribution in [3.63, 3.8) is 0 Å². The van der Waals surface area contributed by atoms with E-state index >= 15 is 0 Å². The first-order chi connectivity index (χ1) is 11.5. The number of benzene rings is 1. The third-order valence-electron chi connectivity index (χ3n) is 4.05. The maximum atomic E-state index is 12.2. The zero-order valence-electron chi connectivity index (χ0n) is 13.5. The van der Waals surface area contributed by atoms with Crippen molar-refractivity contribution in [2.75, 3.05) is 18.5 Å². The molecule has 7 heteroatoms. The second kappa shape index (κ2) is 6.88. The van der Waals surface area contributed by atoms with E-state index in [0.717, 1.165) is 23.4 Å². The van der Waals surface area contributed by atoms with Crippen molar-refractivity contribution in [2.45, 2.75) is 30.7 Å². The third-order valence-corrected chi connectivity index (χ3v) is 5.53. The molecule has 1 aromatic carbocycles. The summed E-state index contributed by atoms with van der Waals surface area (Å²) in [4.78, 5) is 4.58. The molecule has 0 radical (unpaired) electrons. The van der Waals surface area contributed by atoms with Gasteiger partial charge < -0.3 is 10.4 Å². The van der Waals surface area contributed by atoms with Crippen molar-refractivity contribution >= 4 is 15.8 Å². The Balaban J connectivity index is 1.85. The van der Waals surface area contributed by atoms with Gasteiger partial charge in [0.25, 0.3) is 0 Å². The van der Waals surface area contributed by atoms with Crippen molar-refractivity contribution in [1.29, 1.82) is 0 Å². The Hall–Kier alpha value is -1.96. The molecule has 2 heterocycles. The largest absolute Gasteiger partial charge is 0.396 e. The molecular formula is C17H21N3O3S. The minimum atomic E-state index is -3.54. The molecule has 0 fully saturated rings. The Labute approximate surface area is 142 Å². The molecule has 3 rings (SSSR count). The van der Waals surface area contributed by atoms with Crippen molar-refractivity contribution in [3.05, 3.63) is 42.1 Å². The van der Waals surface area contributed by atoms with Gasteiger partial charge in [-0.15, -0.1) is 0 Å². The molecule has 0 aliphatic carbocycles. The summed E-state index contributed by atoms with van der Waals surface area (Å²) in [5.74, 6) is 0.905. The molecule has 1 atom stereocenters.